The maximum atomic E-state index is 12.2. The first-order valence-electron chi connectivity index (χ1n) is 12.2. The Morgan fingerprint density at radius 2 is 1.76 bits per heavy atom. The van der Waals surface area contributed by atoms with Crippen LogP contribution in [-0.2, 0) is 16.0 Å². The third-order valence-corrected chi connectivity index (χ3v) is 6.39. The van der Waals surface area contributed by atoms with Crippen LogP contribution in [0.5, 0.6) is 5.88 Å². The van der Waals surface area contributed by atoms with Crippen molar-refractivity contribution >= 4 is 51.5 Å². The number of aliphatic imine (C=N–C) groups is 1. The van der Waals surface area contributed by atoms with Gasteiger partial charge >= 0.3 is 5.97 Å². The Kier molecular flexibility index (Phi) is 8.45. The Bertz CT molecular complexity index is 1480. The zero-order valence-corrected chi connectivity index (χ0v) is 21.9. The van der Waals surface area contributed by atoms with Gasteiger partial charge in [-0.05, 0) is 62.0 Å². The molecule has 0 saturated heterocycles. The predicted octanol–water partition coefficient (Wildman–Crippen LogP) is 5.29. The van der Waals surface area contributed by atoms with Gasteiger partial charge in [0, 0.05) is 35.1 Å². The van der Waals surface area contributed by atoms with Crippen molar-refractivity contribution in [3.8, 4) is 5.88 Å². The summed E-state index contributed by atoms with van der Waals surface area (Å²) >= 11 is 6.16. The quantitative estimate of drug-likeness (QED) is 0.163. The van der Waals surface area contributed by atoms with Gasteiger partial charge < -0.3 is 25.4 Å². The van der Waals surface area contributed by atoms with Crippen LogP contribution in [0, 0.1) is 0 Å². The summed E-state index contributed by atoms with van der Waals surface area (Å²) in [6.07, 6.45) is 0.730. The molecule has 4 N–H and O–H groups in total. The first kappa shape index (κ1) is 26.9. The summed E-state index contributed by atoms with van der Waals surface area (Å²) < 4.78 is 0. The van der Waals surface area contributed by atoms with E-state index in [0.29, 0.717) is 45.2 Å². The Balaban J connectivity index is 1.77. The minimum absolute atomic E-state index is 0.0399. The number of nitrogens with zero attached hydrogens (tertiary/aromatic N) is 2. The van der Waals surface area contributed by atoms with Gasteiger partial charge in [-0.2, -0.15) is 0 Å². The predicted molar refractivity (Wildman–Crippen MR) is 151 cm³/mol. The van der Waals surface area contributed by atoms with Gasteiger partial charge in [0.25, 0.3) is 0 Å². The number of amides is 1. The highest BCUT2D eigenvalue weighted by Gasteiger charge is 2.19. The first-order valence-corrected chi connectivity index (χ1v) is 12.6. The van der Waals surface area contributed by atoms with Gasteiger partial charge in [0.1, 0.15) is 0 Å². The summed E-state index contributed by atoms with van der Waals surface area (Å²) in [5, 5.41) is 24.4. The molecule has 0 aliphatic heterocycles. The number of halogens is 1. The van der Waals surface area contributed by atoms with E-state index in [1.807, 2.05) is 37.4 Å². The van der Waals surface area contributed by atoms with E-state index in [2.05, 4.69) is 10.3 Å². The van der Waals surface area contributed by atoms with Crippen LogP contribution in [0.2, 0.25) is 5.02 Å². The van der Waals surface area contributed by atoms with E-state index in [9.17, 15) is 14.7 Å². The number of benzene rings is 3. The van der Waals surface area contributed by atoms with E-state index < -0.39 is 5.97 Å². The van der Waals surface area contributed by atoms with Crippen LogP contribution in [-0.4, -0.2) is 52.9 Å². The number of aromatic hydroxyl groups is 1. The van der Waals surface area contributed by atoms with Crippen LogP contribution in [0.1, 0.15) is 30.0 Å². The molecular formula is C29H29ClN4O4. The second-order valence-electron chi connectivity index (χ2n) is 8.91. The van der Waals surface area contributed by atoms with E-state index in [1.54, 1.807) is 48.2 Å². The Morgan fingerprint density at radius 3 is 2.39 bits per heavy atom. The number of hydrogen-bond acceptors (Lipinski definition) is 5. The van der Waals surface area contributed by atoms with Crippen molar-refractivity contribution < 1.29 is 19.8 Å². The molecule has 4 aromatic rings. The number of hydrogen-bond donors (Lipinski definition) is 4. The van der Waals surface area contributed by atoms with Crippen LogP contribution < -0.4 is 10.2 Å². The van der Waals surface area contributed by atoms with Crippen molar-refractivity contribution in [2.24, 2.45) is 4.99 Å². The van der Waals surface area contributed by atoms with Crippen molar-refractivity contribution in [1.82, 2.24) is 10.3 Å². The van der Waals surface area contributed by atoms with Gasteiger partial charge in [-0.3, -0.25) is 9.59 Å². The standard InChI is InChI=1S/C29H29ClN4O4/c1-18(35)34(15-3-14-31-2)23-11-9-22(10-12-23)32-28(20-6-4-19(5-7-20)16-26(36)37)27-24-13-8-21(30)17-25(24)33-29(27)38/h4-13,17,31,33,38H,3,14-16H2,1-2H3,(H,36,37). The number of aliphatic carboxylic acids is 1. The molecule has 0 radical (unpaired) electrons. The highest BCUT2D eigenvalue weighted by molar-refractivity contribution is 6.31. The number of anilines is 1. The molecule has 0 aliphatic carbocycles. The molecule has 1 aromatic heterocycles. The summed E-state index contributed by atoms with van der Waals surface area (Å²) in [5.74, 6) is -1.01. The molecule has 0 atom stereocenters. The summed E-state index contributed by atoms with van der Waals surface area (Å²) in [4.78, 5) is 32.9. The van der Waals surface area contributed by atoms with E-state index in [4.69, 9.17) is 21.7 Å². The molecule has 9 heteroatoms. The van der Waals surface area contributed by atoms with E-state index in [0.717, 1.165) is 24.0 Å². The van der Waals surface area contributed by atoms with Crippen LogP contribution in [0.3, 0.4) is 0 Å². The lowest BCUT2D eigenvalue weighted by Gasteiger charge is -2.21. The zero-order chi connectivity index (χ0) is 27.2. The van der Waals surface area contributed by atoms with Crippen LogP contribution in [0.4, 0.5) is 11.4 Å². The lowest BCUT2D eigenvalue weighted by Crippen LogP contribution is -2.31. The number of fused-ring (bicyclic) bond motifs is 1. The fraction of sp³-hybridized carbons (Fsp3) is 0.207. The second kappa shape index (κ2) is 11.9. The number of aromatic amines is 1. The average Bonchev–Trinajstić information content (AvgIpc) is 3.20. The Morgan fingerprint density at radius 1 is 1.05 bits per heavy atom. The van der Waals surface area contributed by atoms with Crippen molar-refractivity contribution in [3.63, 3.8) is 0 Å². The summed E-state index contributed by atoms with van der Waals surface area (Å²) in [6, 6.07) is 19.7. The number of nitrogens with one attached hydrogen (secondary N) is 2. The highest BCUT2D eigenvalue weighted by atomic mass is 35.5. The third kappa shape index (κ3) is 6.22. The summed E-state index contributed by atoms with van der Waals surface area (Å²) in [6.45, 7) is 2.95. The monoisotopic (exact) mass is 532 g/mol. The maximum Gasteiger partial charge on any atom is 0.307 e. The molecule has 8 nitrogen and oxygen atoms in total. The lowest BCUT2D eigenvalue weighted by molar-refractivity contribution is -0.136. The second-order valence-corrected chi connectivity index (χ2v) is 9.35. The van der Waals surface area contributed by atoms with E-state index in [-0.39, 0.29) is 18.2 Å². The molecule has 0 aliphatic rings. The van der Waals surface area contributed by atoms with Crippen molar-refractivity contribution in [2.75, 3.05) is 25.0 Å². The fourth-order valence-corrected chi connectivity index (χ4v) is 4.51. The van der Waals surface area contributed by atoms with E-state index in [1.165, 1.54) is 0 Å². The normalized spacial score (nSPS) is 11.6. The topological polar surface area (TPSA) is 118 Å². The molecule has 3 aromatic carbocycles. The van der Waals surface area contributed by atoms with Gasteiger partial charge in [-0.15, -0.1) is 0 Å². The first-order chi connectivity index (χ1) is 18.3. The number of H-pyrrole nitrogens is 1. The smallest absolute Gasteiger partial charge is 0.307 e. The summed E-state index contributed by atoms with van der Waals surface area (Å²) in [5.41, 5.74) is 4.42. The number of carbonyl (C=O) groups is 2. The van der Waals surface area contributed by atoms with Crippen LogP contribution in [0.15, 0.2) is 71.7 Å². The molecule has 1 amide bonds. The average molecular weight is 533 g/mol. The van der Waals surface area contributed by atoms with E-state index >= 15 is 0 Å². The maximum absolute atomic E-state index is 12.2. The molecule has 0 bridgehead atoms. The minimum Gasteiger partial charge on any atom is -0.494 e. The Hall–Kier alpha value is -4.14. The van der Waals surface area contributed by atoms with Gasteiger partial charge in [0.2, 0.25) is 5.91 Å². The van der Waals surface area contributed by atoms with Gasteiger partial charge in [-0.1, -0.05) is 41.9 Å². The van der Waals surface area contributed by atoms with Gasteiger partial charge in [0.05, 0.1) is 28.9 Å². The molecule has 1 heterocycles. The van der Waals surface area contributed by atoms with Gasteiger partial charge in [-0.25, -0.2) is 4.99 Å². The number of carbonyl (C=O) groups excluding carboxylic acids is 1. The molecule has 0 fully saturated rings. The van der Waals surface area contributed by atoms with Crippen LogP contribution in [0.25, 0.3) is 10.9 Å². The molecular weight excluding hydrogens is 504 g/mol. The van der Waals surface area contributed by atoms with Crippen molar-refractivity contribution in [2.45, 2.75) is 19.8 Å². The van der Waals surface area contributed by atoms with Crippen molar-refractivity contribution in [1.29, 1.82) is 0 Å². The number of carboxylic acid groups (broad SMARTS) is 1. The lowest BCUT2D eigenvalue weighted by atomic mass is 9.99. The number of rotatable bonds is 10. The zero-order valence-electron chi connectivity index (χ0n) is 21.2. The van der Waals surface area contributed by atoms with Crippen LogP contribution >= 0.6 is 11.6 Å². The summed E-state index contributed by atoms with van der Waals surface area (Å²) in [7, 11) is 1.88. The molecule has 0 unspecified atom stereocenters. The molecule has 4 rings (SSSR count). The SMILES string of the molecule is CNCCCN(C(C)=O)c1ccc(N=C(c2ccc(CC(=O)O)cc2)c2c(O)[nH]c3cc(Cl)ccc23)cc1. The number of carboxylic acids is 1. The van der Waals surface area contributed by atoms with Crippen molar-refractivity contribution in [3.05, 3.63) is 88.4 Å². The highest BCUT2D eigenvalue weighted by Crippen LogP contribution is 2.33. The fourth-order valence-electron chi connectivity index (χ4n) is 4.33. The Labute approximate surface area is 225 Å². The number of aromatic nitrogens is 1. The minimum atomic E-state index is -0.913. The molecule has 0 spiro atoms. The molecule has 38 heavy (non-hydrogen) atoms. The molecule has 196 valence electrons. The van der Waals surface area contributed by atoms with Gasteiger partial charge in [0.15, 0.2) is 5.88 Å². The third-order valence-electron chi connectivity index (χ3n) is 6.15. The largest absolute Gasteiger partial charge is 0.494 e. The molecule has 0 saturated carbocycles.